The number of nitrogens with zero attached hydrogens (tertiary/aromatic N) is 3. The van der Waals surface area contributed by atoms with E-state index < -0.39 is 0 Å². The molecule has 0 aliphatic carbocycles. The van der Waals surface area contributed by atoms with Gasteiger partial charge in [-0.3, -0.25) is 0 Å². The Balaban J connectivity index is 1.59. The monoisotopic (exact) mass is 402 g/mol. The molecule has 29 heavy (non-hydrogen) atoms. The Hall–Kier alpha value is -3.71. The maximum absolute atomic E-state index is 5.88. The van der Waals surface area contributed by atoms with Gasteiger partial charge in [0.2, 0.25) is 4.77 Å². The SMILES string of the molecule is COc1ccc(-c2n[nH]c(=S)n2/N=C\c2cccc(Oc3ccccc3)c2)cc1. The fraction of sp³-hybridized carbons (Fsp3) is 0.0455. The lowest BCUT2D eigenvalue weighted by Gasteiger charge is -2.06. The first-order valence-corrected chi connectivity index (χ1v) is 9.33. The van der Waals surface area contributed by atoms with Crippen LogP contribution in [-0.4, -0.2) is 28.2 Å². The van der Waals surface area contributed by atoms with Crippen LogP contribution in [0.5, 0.6) is 17.2 Å². The minimum absolute atomic E-state index is 0.406. The largest absolute Gasteiger partial charge is 0.497 e. The normalized spacial score (nSPS) is 10.9. The van der Waals surface area contributed by atoms with Crippen molar-refractivity contribution in [2.24, 2.45) is 5.10 Å². The van der Waals surface area contributed by atoms with Gasteiger partial charge >= 0.3 is 0 Å². The molecular formula is C22H18N4O2S. The average molecular weight is 402 g/mol. The number of hydrogen-bond acceptors (Lipinski definition) is 5. The fourth-order valence-corrected chi connectivity index (χ4v) is 2.91. The van der Waals surface area contributed by atoms with Gasteiger partial charge in [0.15, 0.2) is 5.82 Å². The molecule has 0 amide bonds. The Bertz CT molecular complexity index is 1180. The van der Waals surface area contributed by atoms with E-state index in [-0.39, 0.29) is 0 Å². The molecule has 7 heteroatoms. The highest BCUT2D eigenvalue weighted by atomic mass is 32.1. The van der Waals surface area contributed by atoms with Crippen LogP contribution in [0, 0.1) is 4.77 Å². The maximum atomic E-state index is 5.88. The fourth-order valence-electron chi connectivity index (χ4n) is 2.73. The smallest absolute Gasteiger partial charge is 0.216 e. The molecule has 4 rings (SSSR count). The summed E-state index contributed by atoms with van der Waals surface area (Å²) in [7, 11) is 1.63. The van der Waals surface area contributed by atoms with Crippen LogP contribution in [0.3, 0.4) is 0 Å². The van der Waals surface area contributed by atoms with E-state index >= 15 is 0 Å². The predicted molar refractivity (Wildman–Crippen MR) is 115 cm³/mol. The number of H-pyrrole nitrogens is 1. The van der Waals surface area contributed by atoms with Crippen LogP contribution in [-0.2, 0) is 0 Å². The molecule has 0 radical (unpaired) electrons. The molecule has 3 aromatic carbocycles. The summed E-state index contributed by atoms with van der Waals surface area (Å²) in [5.41, 5.74) is 1.75. The zero-order valence-electron chi connectivity index (χ0n) is 15.6. The van der Waals surface area contributed by atoms with Crippen molar-refractivity contribution in [1.82, 2.24) is 14.9 Å². The summed E-state index contributed by atoms with van der Waals surface area (Å²) in [6, 6.07) is 24.8. The van der Waals surface area contributed by atoms with Gasteiger partial charge < -0.3 is 9.47 Å². The van der Waals surface area contributed by atoms with Crippen LogP contribution >= 0.6 is 12.2 Å². The molecule has 0 aliphatic rings. The summed E-state index contributed by atoms with van der Waals surface area (Å²) in [6.45, 7) is 0. The standard InChI is InChI=1S/C22H18N4O2S/c1-27-18-12-10-17(11-13-18)21-24-25-22(29)26(21)23-15-16-6-5-9-20(14-16)28-19-7-3-2-4-8-19/h2-15H,1H3,(H,25,29)/b23-15-. The summed E-state index contributed by atoms with van der Waals surface area (Å²) in [6.07, 6.45) is 1.72. The predicted octanol–water partition coefficient (Wildman–Crippen LogP) is 5.29. The number of aromatic nitrogens is 3. The summed E-state index contributed by atoms with van der Waals surface area (Å²) in [4.78, 5) is 0. The van der Waals surface area contributed by atoms with E-state index in [1.807, 2.05) is 78.9 Å². The molecule has 0 aliphatic heterocycles. The van der Waals surface area contributed by atoms with Gasteiger partial charge in [0.1, 0.15) is 17.2 Å². The topological polar surface area (TPSA) is 64.4 Å². The molecule has 0 spiro atoms. The number of ether oxygens (including phenoxy) is 2. The van der Waals surface area contributed by atoms with E-state index in [1.165, 1.54) is 0 Å². The van der Waals surface area contributed by atoms with Gasteiger partial charge in [-0.1, -0.05) is 30.3 Å². The van der Waals surface area contributed by atoms with Crippen molar-refractivity contribution in [3.05, 3.63) is 89.2 Å². The molecule has 0 bridgehead atoms. The highest BCUT2D eigenvalue weighted by Crippen LogP contribution is 2.22. The second-order valence-electron chi connectivity index (χ2n) is 6.12. The molecule has 1 heterocycles. The Labute approximate surface area is 173 Å². The zero-order chi connectivity index (χ0) is 20.1. The van der Waals surface area contributed by atoms with Crippen molar-refractivity contribution < 1.29 is 9.47 Å². The molecule has 1 N–H and O–H groups in total. The lowest BCUT2D eigenvalue weighted by atomic mass is 10.2. The molecule has 144 valence electrons. The van der Waals surface area contributed by atoms with Gasteiger partial charge in [-0.15, -0.1) is 0 Å². The number of methoxy groups -OCH3 is 1. The van der Waals surface area contributed by atoms with E-state index in [2.05, 4.69) is 15.3 Å². The molecule has 0 saturated carbocycles. The van der Waals surface area contributed by atoms with Crippen molar-refractivity contribution in [3.8, 4) is 28.6 Å². The van der Waals surface area contributed by atoms with E-state index in [0.29, 0.717) is 10.6 Å². The van der Waals surface area contributed by atoms with Crippen molar-refractivity contribution in [2.45, 2.75) is 0 Å². The second-order valence-corrected chi connectivity index (χ2v) is 6.51. The summed E-state index contributed by atoms with van der Waals surface area (Å²) < 4.78 is 13.1. The van der Waals surface area contributed by atoms with Gasteiger partial charge in [0.25, 0.3) is 0 Å². The lowest BCUT2D eigenvalue weighted by Crippen LogP contribution is -1.95. The van der Waals surface area contributed by atoms with Gasteiger partial charge in [0.05, 0.1) is 13.3 Å². The number of hydrogen-bond donors (Lipinski definition) is 1. The van der Waals surface area contributed by atoms with E-state index in [0.717, 1.165) is 28.4 Å². The van der Waals surface area contributed by atoms with Crippen LogP contribution in [0.4, 0.5) is 0 Å². The molecule has 0 saturated heterocycles. The van der Waals surface area contributed by atoms with Crippen molar-refractivity contribution in [1.29, 1.82) is 0 Å². The third-order valence-electron chi connectivity index (χ3n) is 4.16. The minimum atomic E-state index is 0.406. The third-order valence-corrected chi connectivity index (χ3v) is 4.42. The minimum Gasteiger partial charge on any atom is -0.497 e. The Morgan fingerprint density at radius 1 is 0.931 bits per heavy atom. The van der Waals surface area contributed by atoms with Crippen LogP contribution in [0.15, 0.2) is 84.0 Å². The highest BCUT2D eigenvalue weighted by Gasteiger charge is 2.08. The van der Waals surface area contributed by atoms with Gasteiger partial charge in [-0.05, 0) is 66.3 Å². The number of nitrogens with one attached hydrogen (secondary N) is 1. The summed E-state index contributed by atoms with van der Waals surface area (Å²) >= 11 is 5.33. The first-order valence-electron chi connectivity index (χ1n) is 8.92. The number of rotatable bonds is 6. The quantitative estimate of drug-likeness (QED) is 0.351. The second kappa shape index (κ2) is 8.53. The molecular weight excluding hydrogens is 384 g/mol. The van der Waals surface area contributed by atoms with Crippen molar-refractivity contribution in [2.75, 3.05) is 7.11 Å². The summed E-state index contributed by atoms with van der Waals surface area (Å²) in [5.74, 6) is 2.89. The first-order chi connectivity index (χ1) is 14.2. The molecule has 0 fully saturated rings. The van der Waals surface area contributed by atoms with Gasteiger partial charge in [-0.25, -0.2) is 5.10 Å². The number of benzene rings is 3. The Morgan fingerprint density at radius 2 is 1.69 bits per heavy atom. The maximum Gasteiger partial charge on any atom is 0.216 e. The Kier molecular flexibility index (Phi) is 5.49. The van der Waals surface area contributed by atoms with Crippen LogP contribution in [0.1, 0.15) is 5.56 Å². The molecule has 4 aromatic rings. The molecule has 1 aromatic heterocycles. The third kappa shape index (κ3) is 4.41. The molecule has 0 unspecified atom stereocenters. The molecule has 6 nitrogen and oxygen atoms in total. The average Bonchev–Trinajstić information content (AvgIpc) is 3.13. The number of para-hydroxylation sites is 1. The Morgan fingerprint density at radius 3 is 2.45 bits per heavy atom. The van der Waals surface area contributed by atoms with Gasteiger partial charge in [-0.2, -0.15) is 14.9 Å². The summed E-state index contributed by atoms with van der Waals surface area (Å²) in [5, 5.41) is 11.6. The first kappa shape index (κ1) is 18.6. The highest BCUT2D eigenvalue weighted by molar-refractivity contribution is 7.71. The molecule has 0 atom stereocenters. The number of aromatic amines is 1. The zero-order valence-corrected chi connectivity index (χ0v) is 16.5. The van der Waals surface area contributed by atoms with Crippen LogP contribution in [0.2, 0.25) is 0 Å². The lowest BCUT2D eigenvalue weighted by molar-refractivity contribution is 0.415. The van der Waals surface area contributed by atoms with Gasteiger partial charge in [0, 0.05) is 5.56 Å². The van der Waals surface area contributed by atoms with Crippen LogP contribution < -0.4 is 9.47 Å². The van der Waals surface area contributed by atoms with E-state index in [1.54, 1.807) is 18.0 Å². The van der Waals surface area contributed by atoms with E-state index in [4.69, 9.17) is 21.7 Å². The van der Waals surface area contributed by atoms with Crippen LogP contribution in [0.25, 0.3) is 11.4 Å². The van der Waals surface area contributed by atoms with E-state index in [9.17, 15) is 0 Å². The van der Waals surface area contributed by atoms with Crippen molar-refractivity contribution >= 4 is 18.4 Å². The van der Waals surface area contributed by atoms with Crippen molar-refractivity contribution in [3.63, 3.8) is 0 Å².